The Morgan fingerprint density at radius 1 is 1.29 bits per heavy atom. The highest BCUT2D eigenvalue weighted by molar-refractivity contribution is 6.00. The number of hydrogen-bond acceptors (Lipinski definition) is 4. The fraction of sp³-hybridized carbons (Fsp3) is 0.714. The van der Waals surface area contributed by atoms with Gasteiger partial charge in [-0.25, -0.2) is 0 Å². The Labute approximate surface area is 78.0 Å². The van der Waals surface area contributed by atoms with Gasteiger partial charge in [0.1, 0.15) is 6.61 Å². The summed E-state index contributed by atoms with van der Waals surface area (Å²) < 4.78 is 44.6. The molecule has 7 heteroatoms. The molecule has 14 heavy (non-hydrogen) atoms. The third-order valence-electron chi connectivity index (χ3n) is 1.37. The van der Waals surface area contributed by atoms with Gasteiger partial charge in [-0.1, -0.05) is 0 Å². The number of rotatable bonds is 4. The Bertz CT molecular complexity index is 223. The average molecular weight is 214 g/mol. The fourth-order valence-corrected chi connectivity index (χ4v) is 0.791. The van der Waals surface area contributed by atoms with Gasteiger partial charge in [-0.2, -0.15) is 13.2 Å². The molecule has 0 aromatic carbocycles. The zero-order valence-electron chi connectivity index (χ0n) is 7.55. The van der Waals surface area contributed by atoms with E-state index in [0.29, 0.717) is 0 Å². The molecule has 0 amide bonds. The van der Waals surface area contributed by atoms with Gasteiger partial charge in [-0.3, -0.25) is 9.59 Å². The van der Waals surface area contributed by atoms with E-state index in [1.165, 1.54) is 0 Å². The minimum Gasteiger partial charge on any atom is -0.468 e. The monoisotopic (exact) mass is 214 g/mol. The topological polar surface area (TPSA) is 52.6 Å². The van der Waals surface area contributed by atoms with E-state index in [1.54, 1.807) is 0 Å². The van der Waals surface area contributed by atoms with Gasteiger partial charge in [0.2, 0.25) is 5.92 Å². The number of Topliss-reactive ketones (excluding diaryl/α,β-unsaturated/α-hetero) is 1. The van der Waals surface area contributed by atoms with Gasteiger partial charge in [-0.05, 0) is 0 Å². The molecule has 82 valence electrons. The van der Waals surface area contributed by atoms with Gasteiger partial charge in [0.05, 0.1) is 7.11 Å². The normalized spacial score (nSPS) is 13.5. The van der Waals surface area contributed by atoms with E-state index in [-0.39, 0.29) is 0 Å². The fourth-order valence-electron chi connectivity index (χ4n) is 0.791. The van der Waals surface area contributed by atoms with E-state index >= 15 is 0 Å². The van der Waals surface area contributed by atoms with Crippen LogP contribution in [0.1, 0.15) is 0 Å². The standard InChI is InChI=1S/C7H9F3O4/c1-13-3-4(11)5(6(12)14-2)7(8,9)10/h5H,3H2,1-2H3. The van der Waals surface area contributed by atoms with Crippen molar-refractivity contribution in [2.75, 3.05) is 20.8 Å². The number of carbonyl (C=O) groups excluding carboxylic acids is 2. The highest BCUT2D eigenvalue weighted by Gasteiger charge is 2.50. The summed E-state index contributed by atoms with van der Waals surface area (Å²) in [6.45, 7) is -0.778. The second kappa shape index (κ2) is 4.94. The van der Waals surface area contributed by atoms with Crippen molar-refractivity contribution in [3.8, 4) is 0 Å². The maximum absolute atomic E-state index is 12.2. The summed E-state index contributed by atoms with van der Waals surface area (Å²) in [5.74, 6) is -5.75. The van der Waals surface area contributed by atoms with Crippen molar-refractivity contribution < 1.29 is 32.2 Å². The first-order valence-electron chi connectivity index (χ1n) is 3.50. The van der Waals surface area contributed by atoms with Crippen LogP contribution in [0, 0.1) is 5.92 Å². The summed E-state index contributed by atoms with van der Waals surface area (Å²) in [6, 6.07) is 0. The minimum absolute atomic E-state index is 0.778. The van der Waals surface area contributed by atoms with Crippen molar-refractivity contribution in [2.45, 2.75) is 6.18 Å². The Morgan fingerprint density at radius 2 is 1.79 bits per heavy atom. The summed E-state index contributed by atoms with van der Waals surface area (Å²) in [6.07, 6.45) is -4.94. The molecule has 0 aromatic heterocycles. The van der Waals surface area contributed by atoms with Crippen molar-refractivity contribution >= 4 is 11.8 Å². The number of carbonyl (C=O) groups is 2. The number of halogens is 3. The van der Waals surface area contributed by atoms with Crippen LogP contribution in [0.5, 0.6) is 0 Å². The first-order valence-corrected chi connectivity index (χ1v) is 3.50. The molecule has 0 aliphatic rings. The van der Waals surface area contributed by atoms with Crippen LogP contribution in [0.3, 0.4) is 0 Å². The van der Waals surface area contributed by atoms with Gasteiger partial charge < -0.3 is 9.47 Å². The Hall–Kier alpha value is -1.11. The van der Waals surface area contributed by atoms with Crippen LogP contribution in [0.4, 0.5) is 13.2 Å². The highest BCUT2D eigenvalue weighted by Crippen LogP contribution is 2.28. The maximum atomic E-state index is 12.2. The zero-order valence-corrected chi connectivity index (χ0v) is 7.55. The van der Waals surface area contributed by atoms with E-state index in [0.717, 1.165) is 14.2 Å². The second-order valence-electron chi connectivity index (χ2n) is 2.40. The number of ketones is 1. The lowest BCUT2D eigenvalue weighted by molar-refractivity contribution is -0.197. The molecule has 0 radical (unpaired) electrons. The SMILES string of the molecule is COCC(=O)C(C(=O)OC)C(F)(F)F. The molecular weight excluding hydrogens is 205 g/mol. The first-order chi connectivity index (χ1) is 6.34. The van der Waals surface area contributed by atoms with Crippen LogP contribution in [0.15, 0.2) is 0 Å². The quantitative estimate of drug-likeness (QED) is 0.506. The molecule has 0 N–H and O–H groups in total. The molecule has 1 atom stereocenters. The van der Waals surface area contributed by atoms with Gasteiger partial charge in [-0.15, -0.1) is 0 Å². The van der Waals surface area contributed by atoms with E-state index in [9.17, 15) is 22.8 Å². The van der Waals surface area contributed by atoms with E-state index < -0.39 is 30.5 Å². The summed E-state index contributed by atoms with van der Waals surface area (Å²) in [5, 5.41) is 0. The molecule has 0 fully saturated rings. The van der Waals surface area contributed by atoms with E-state index in [1.807, 2.05) is 0 Å². The van der Waals surface area contributed by atoms with Crippen molar-refractivity contribution in [2.24, 2.45) is 5.92 Å². The summed E-state index contributed by atoms with van der Waals surface area (Å²) in [4.78, 5) is 21.5. The molecule has 1 unspecified atom stereocenters. The van der Waals surface area contributed by atoms with Gasteiger partial charge in [0.15, 0.2) is 5.78 Å². The van der Waals surface area contributed by atoms with Gasteiger partial charge >= 0.3 is 12.1 Å². The molecule has 0 saturated carbocycles. The molecule has 0 bridgehead atoms. The molecule has 0 rings (SSSR count). The van der Waals surface area contributed by atoms with Crippen molar-refractivity contribution in [1.29, 1.82) is 0 Å². The van der Waals surface area contributed by atoms with Gasteiger partial charge in [0, 0.05) is 7.11 Å². The van der Waals surface area contributed by atoms with Crippen molar-refractivity contribution in [1.82, 2.24) is 0 Å². The third kappa shape index (κ3) is 3.33. The van der Waals surface area contributed by atoms with E-state index in [2.05, 4.69) is 9.47 Å². The minimum atomic E-state index is -4.94. The van der Waals surface area contributed by atoms with Crippen molar-refractivity contribution in [3.63, 3.8) is 0 Å². The number of methoxy groups -OCH3 is 2. The molecule has 0 heterocycles. The van der Waals surface area contributed by atoms with Crippen LogP contribution in [0.25, 0.3) is 0 Å². The number of alkyl halides is 3. The maximum Gasteiger partial charge on any atom is 0.409 e. The predicted molar refractivity (Wildman–Crippen MR) is 38.4 cm³/mol. The first kappa shape index (κ1) is 12.9. The number of ether oxygens (including phenoxy) is 2. The van der Waals surface area contributed by atoms with Gasteiger partial charge in [0.25, 0.3) is 0 Å². The van der Waals surface area contributed by atoms with Crippen molar-refractivity contribution in [3.05, 3.63) is 0 Å². The zero-order chi connectivity index (χ0) is 11.4. The second-order valence-corrected chi connectivity index (χ2v) is 2.40. The molecule has 0 aliphatic heterocycles. The number of esters is 1. The smallest absolute Gasteiger partial charge is 0.409 e. The number of hydrogen-bond donors (Lipinski definition) is 0. The van der Waals surface area contributed by atoms with Crippen LogP contribution in [-0.2, 0) is 19.1 Å². The largest absolute Gasteiger partial charge is 0.468 e. The summed E-state index contributed by atoms with van der Waals surface area (Å²) >= 11 is 0. The summed E-state index contributed by atoms with van der Waals surface area (Å²) in [5.41, 5.74) is 0. The third-order valence-corrected chi connectivity index (χ3v) is 1.37. The molecule has 4 nitrogen and oxygen atoms in total. The highest BCUT2D eigenvalue weighted by atomic mass is 19.4. The molecule has 0 aromatic rings. The predicted octanol–water partition coefficient (Wildman–Crippen LogP) is 0.553. The Morgan fingerprint density at radius 3 is 2.07 bits per heavy atom. The lowest BCUT2D eigenvalue weighted by atomic mass is 10.0. The lowest BCUT2D eigenvalue weighted by Gasteiger charge is -2.15. The lowest BCUT2D eigenvalue weighted by Crippen LogP contribution is -2.39. The average Bonchev–Trinajstić information content (AvgIpc) is 2.02. The van der Waals surface area contributed by atoms with E-state index in [4.69, 9.17) is 0 Å². The molecule has 0 saturated heterocycles. The molecular formula is C7H9F3O4. The van der Waals surface area contributed by atoms with Crippen LogP contribution >= 0.6 is 0 Å². The summed E-state index contributed by atoms with van der Waals surface area (Å²) in [7, 11) is 1.84. The van der Waals surface area contributed by atoms with Crippen LogP contribution in [0.2, 0.25) is 0 Å². The van der Waals surface area contributed by atoms with Crippen LogP contribution < -0.4 is 0 Å². The Balaban J connectivity index is 4.73. The molecule has 0 aliphatic carbocycles. The Kier molecular flexibility index (Phi) is 4.55. The molecule has 0 spiro atoms. The van der Waals surface area contributed by atoms with Crippen LogP contribution in [-0.4, -0.2) is 38.8 Å².